The molecule has 2 nitrogen and oxygen atoms in total. The number of thiophene rings is 1. The molecule has 0 fully saturated rings. The molecule has 0 aliphatic rings. The van der Waals surface area contributed by atoms with Gasteiger partial charge >= 0.3 is 0 Å². The van der Waals surface area contributed by atoms with Gasteiger partial charge in [-0.25, -0.2) is 0 Å². The van der Waals surface area contributed by atoms with E-state index in [1.54, 1.807) is 0 Å². The zero-order valence-corrected chi connectivity index (χ0v) is 12.9. The number of halogens is 1. The van der Waals surface area contributed by atoms with Gasteiger partial charge in [0.2, 0.25) is 0 Å². The smallest absolute Gasteiger partial charge is 0.265 e. The molecule has 1 heterocycles. The number of hydrogen-bond donors (Lipinski definition) is 0. The first kappa shape index (κ1) is 14.1. The standard InChI is InChI=1S/C11H16BrNOS2/c1-8(4-6-15-3)13(2)11(14)10-9(12)5-7-16-10/h5,7-8H,4,6H2,1-3H3. The average molecular weight is 322 g/mol. The van der Waals surface area contributed by atoms with Crippen molar-refractivity contribution >= 4 is 44.9 Å². The molecule has 5 heteroatoms. The highest BCUT2D eigenvalue weighted by molar-refractivity contribution is 9.10. The molecular formula is C11H16BrNOS2. The highest BCUT2D eigenvalue weighted by Gasteiger charge is 2.20. The molecular weight excluding hydrogens is 306 g/mol. The van der Waals surface area contributed by atoms with Crippen LogP contribution in [0.5, 0.6) is 0 Å². The molecule has 0 aromatic carbocycles. The largest absolute Gasteiger partial charge is 0.338 e. The summed E-state index contributed by atoms with van der Waals surface area (Å²) in [6.07, 6.45) is 3.12. The normalized spacial score (nSPS) is 12.5. The Labute approximate surface area is 114 Å². The van der Waals surface area contributed by atoms with E-state index in [9.17, 15) is 4.79 Å². The summed E-state index contributed by atoms with van der Waals surface area (Å²) in [5.74, 6) is 1.19. The number of carbonyl (C=O) groups is 1. The number of rotatable bonds is 5. The second-order valence-electron chi connectivity index (χ2n) is 3.64. The lowest BCUT2D eigenvalue weighted by atomic mass is 10.2. The SMILES string of the molecule is CSCCC(C)N(C)C(=O)c1sccc1Br. The van der Waals surface area contributed by atoms with E-state index >= 15 is 0 Å². The summed E-state index contributed by atoms with van der Waals surface area (Å²) in [4.78, 5) is 14.7. The summed E-state index contributed by atoms with van der Waals surface area (Å²) in [6, 6.07) is 2.20. The van der Waals surface area contributed by atoms with Crippen molar-refractivity contribution in [2.75, 3.05) is 19.1 Å². The zero-order chi connectivity index (χ0) is 12.1. The highest BCUT2D eigenvalue weighted by atomic mass is 79.9. The van der Waals surface area contributed by atoms with Crippen LogP contribution in [-0.2, 0) is 0 Å². The lowest BCUT2D eigenvalue weighted by Crippen LogP contribution is -2.35. The van der Waals surface area contributed by atoms with Gasteiger partial charge in [-0.2, -0.15) is 11.8 Å². The van der Waals surface area contributed by atoms with Crippen LogP contribution in [-0.4, -0.2) is 35.9 Å². The van der Waals surface area contributed by atoms with Crippen LogP contribution in [0, 0.1) is 0 Å². The average Bonchev–Trinajstić information content (AvgIpc) is 2.70. The van der Waals surface area contributed by atoms with Gasteiger partial charge in [0.15, 0.2) is 0 Å². The summed E-state index contributed by atoms with van der Waals surface area (Å²) in [6.45, 7) is 2.09. The fraction of sp³-hybridized carbons (Fsp3) is 0.545. The lowest BCUT2D eigenvalue weighted by Gasteiger charge is -2.24. The second-order valence-corrected chi connectivity index (χ2v) is 6.40. The van der Waals surface area contributed by atoms with Crippen molar-refractivity contribution in [3.63, 3.8) is 0 Å². The zero-order valence-electron chi connectivity index (χ0n) is 9.70. The number of carbonyl (C=O) groups excluding carboxylic acids is 1. The molecule has 0 aliphatic carbocycles. The Morgan fingerprint density at radius 2 is 2.38 bits per heavy atom. The molecule has 16 heavy (non-hydrogen) atoms. The van der Waals surface area contributed by atoms with Gasteiger partial charge in [-0.05, 0) is 52.7 Å². The third-order valence-electron chi connectivity index (χ3n) is 2.53. The van der Waals surface area contributed by atoms with E-state index in [2.05, 4.69) is 29.1 Å². The van der Waals surface area contributed by atoms with E-state index in [0.29, 0.717) is 0 Å². The van der Waals surface area contributed by atoms with E-state index in [1.807, 2.05) is 35.2 Å². The van der Waals surface area contributed by atoms with E-state index in [1.165, 1.54) is 11.3 Å². The first-order valence-corrected chi connectivity index (χ1v) is 8.13. The topological polar surface area (TPSA) is 20.3 Å². The van der Waals surface area contributed by atoms with Crippen molar-refractivity contribution in [3.8, 4) is 0 Å². The number of nitrogens with zero attached hydrogens (tertiary/aromatic N) is 1. The quantitative estimate of drug-likeness (QED) is 0.823. The molecule has 0 radical (unpaired) electrons. The van der Waals surface area contributed by atoms with Gasteiger partial charge in [0.1, 0.15) is 4.88 Å². The summed E-state index contributed by atoms with van der Waals surface area (Å²) >= 11 is 6.69. The molecule has 1 aromatic rings. The third-order valence-corrected chi connectivity index (χ3v) is 5.00. The fourth-order valence-corrected chi connectivity index (χ4v) is 3.39. The maximum atomic E-state index is 12.1. The van der Waals surface area contributed by atoms with Gasteiger partial charge in [-0.1, -0.05) is 0 Å². The molecule has 0 saturated carbocycles. The van der Waals surface area contributed by atoms with Gasteiger partial charge in [0, 0.05) is 17.6 Å². The highest BCUT2D eigenvalue weighted by Crippen LogP contribution is 2.24. The second kappa shape index (κ2) is 6.67. The molecule has 1 rings (SSSR count). The third kappa shape index (κ3) is 3.50. The summed E-state index contributed by atoms with van der Waals surface area (Å²) < 4.78 is 0.895. The van der Waals surface area contributed by atoms with Crippen molar-refractivity contribution in [1.29, 1.82) is 0 Å². The predicted molar refractivity (Wildman–Crippen MR) is 76.6 cm³/mol. The number of thioether (sulfide) groups is 1. The summed E-state index contributed by atoms with van der Waals surface area (Å²) in [7, 11) is 1.87. The van der Waals surface area contributed by atoms with Crippen LogP contribution in [0.4, 0.5) is 0 Å². The van der Waals surface area contributed by atoms with Crippen LogP contribution in [0.3, 0.4) is 0 Å². The fourth-order valence-electron chi connectivity index (χ4n) is 1.29. The van der Waals surface area contributed by atoms with E-state index in [-0.39, 0.29) is 11.9 Å². The molecule has 1 atom stereocenters. The van der Waals surface area contributed by atoms with Crippen molar-refractivity contribution in [2.24, 2.45) is 0 Å². The van der Waals surface area contributed by atoms with Crippen LogP contribution >= 0.6 is 39.0 Å². The Morgan fingerprint density at radius 1 is 1.69 bits per heavy atom. The number of hydrogen-bond acceptors (Lipinski definition) is 3. The molecule has 1 amide bonds. The van der Waals surface area contributed by atoms with Crippen LogP contribution in [0.2, 0.25) is 0 Å². The molecule has 1 aromatic heterocycles. The van der Waals surface area contributed by atoms with Gasteiger partial charge in [-0.15, -0.1) is 11.3 Å². The lowest BCUT2D eigenvalue weighted by molar-refractivity contribution is 0.0745. The van der Waals surface area contributed by atoms with E-state index in [4.69, 9.17) is 0 Å². The van der Waals surface area contributed by atoms with Crippen LogP contribution < -0.4 is 0 Å². The minimum Gasteiger partial charge on any atom is -0.338 e. The van der Waals surface area contributed by atoms with Crippen molar-refractivity contribution in [1.82, 2.24) is 4.90 Å². The Hall–Kier alpha value is -0.000000000000000111. The minimum atomic E-state index is 0.107. The maximum absolute atomic E-state index is 12.1. The summed E-state index contributed by atoms with van der Waals surface area (Å²) in [5.41, 5.74) is 0. The Balaban J connectivity index is 2.64. The van der Waals surface area contributed by atoms with Gasteiger partial charge < -0.3 is 4.90 Å². The maximum Gasteiger partial charge on any atom is 0.265 e. The first-order valence-electron chi connectivity index (χ1n) is 5.07. The van der Waals surface area contributed by atoms with Crippen LogP contribution in [0.15, 0.2) is 15.9 Å². The molecule has 0 spiro atoms. The minimum absolute atomic E-state index is 0.107. The van der Waals surface area contributed by atoms with Gasteiger partial charge in [0.25, 0.3) is 5.91 Å². The van der Waals surface area contributed by atoms with Gasteiger partial charge in [-0.3, -0.25) is 4.79 Å². The molecule has 0 bridgehead atoms. The van der Waals surface area contributed by atoms with Crippen molar-refractivity contribution in [2.45, 2.75) is 19.4 Å². The molecule has 0 aliphatic heterocycles. The van der Waals surface area contributed by atoms with Crippen molar-refractivity contribution in [3.05, 3.63) is 20.8 Å². The molecule has 1 unspecified atom stereocenters. The monoisotopic (exact) mass is 321 g/mol. The Bertz CT molecular complexity index is 354. The van der Waals surface area contributed by atoms with Crippen LogP contribution in [0.25, 0.3) is 0 Å². The van der Waals surface area contributed by atoms with E-state index in [0.717, 1.165) is 21.5 Å². The predicted octanol–water partition coefficient (Wildman–Crippen LogP) is 3.72. The molecule has 0 N–H and O–H groups in total. The Kier molecular flexibility index (Phi) is 5.86. The van der Waals surface area contributed by atoms with Gasteiger partial charge in [0.05, 0.1) is 0 Å². The summed E-state index contributed by atoms with van der Waals surface area (Å²) in [5, 5.41) is 1.93. The van der Waals surface area contributed by atoms with E-state index < -0.39 is 0 Å². The van der Waals surface area contributed by atoms with Crippen LogP contribution in [0.1, 0.15) is 23.0 Å². The molecule has 90 valence electrons. The van der Waals surface area contributed by atoms with Crippen molar-refractivity contribution < 1.29 is 4.79 Å². The Morgan fingerprint density at radius 3 is 2.88 bits per heavy atom. The molecule has 0 saturated heterocycles. The number of amides is 1. The first-order chi connectivity index (χ1) is 7.57.